The zero-order valence-electron chi connectivity index (χ0n) is 18.1. The molecular formula is C24H23ClN2O6S. The molecule has 0 bridgehead atoms. The number of carbonyl (C=O) groups excluding carboxylic acids is 1. The van der Waals surface area contributed by atoms with Gasteiger partial charge in [-0.15, -0.1) is 0 Å². The molecule has 0 unspecified atom stereocenters. The van der Waals surface area contributed by atoms with Crippen LogP contribution in [0.5, 0.6) is 17.2 Å². The largest absolute Gasteiger partial charge is 0.482 e. The fraction of sp³-hybridized carbons (Fsp3) is 0.208. The molecule has 1 aliphatic rings. The minimum Gasteiger partial charge on any atom is -0.482 e. The first kappa shape index (κ1) is 24.0. The van der Waals surface area contributed by atoms with E-state index >= 15 is 0 Å². The molecule has 1 fully saturated rings. The highest BCUT2D eigenvalue weighted by Crippen LogP contribution is 2.29. The number of halogens is 1. The summed E-state index contributed by atoms with van der Waals surface area (Å²) in [5.74, 6) is 1.18. The van der Waals surface area contributed by atoms with Crippen LogP contribution in [0.3, 0.4) is 0 Å². The quantitative estimate of drug-likeness (QED) is 0.497. The van der Waals surface area contributed by atoms with Crippen LogP contribution in [0.15, 0.2) is 77.7 Å². The maximum Gasteiger partial charge on any atom is 0.262 e. The van der Waals surface area contributed by atoms with Crippen molar-refractivity contribution in [1.82, 2.24) is 4.31 Å². The minimum absolute atomic E-state index is 0.0639. The van der Waals surface area contributed by atoms with Gasteiger partial charge in [0.25, 0.3) is 5.91 Å². The second kappa shape index (κ2) is 10.9. The molecule has 0 aromatic heterocycles. The van der Waals surface area contributed by atoms with Gasteiger partial charge in [0.05, 0.1) is 23.1 Å². The number of anilines is 1. The molecule has 3 aromatic rings. The number of para-hydroxylation sites is 1. The highest BCUT2D eigenvalue weighted by molar-refractivity contribution is 7.89. The smallest absolute Gasteiger partial charge is 0.262 e. The number of nitrogens with zero attached hydrogens (tertiary/aromatic N) is 1. The lowest BCUT2D eigenvalue weighted by molar-refractivity contribution is -0.118. The van der Waals surface area contributed by atoms with E-state index in [1.54, 1.807) is 24.3 Å². The van der Waals surface area contributed by atoms with Crippen molar-refractivity contribution in [3.63, 3.8) is 0 Å². The van der Waals surface area contributed by atoms with E-state index in [4.69, 9.17) is 25.8 Å². The molecule has 0 atom stereocenters. The molecule has 178 valence electrons. The average Bonchev–Trinajstić information content (AvgIpc) is 2.85. The van der Waals surface area contributed by atoms with Gasteiger partial charge in [0.2, 0.25) is 10.0 Å². The van der Waals surface area contributed by atoms with Gasteiger partial charge in [-0.25, -0.2) is 8.42 Å². The van der Waals surface area contributed by atoms with Gasteiger partial charge in [-0.2, -0.15) is 4.31 Å². The van der Waals surface area contributed by atoms with Crippen LogP contribution in [0, 0.1) is 0 Å². The van der Waals surface area contributed by atoms with E-state index in [9.17, 15) is 13.2 Å². The van der Waals surface area contributed by atoms with E-state index in [0.29, 0.717) is 30.4 Å². The normalized spacial score (nSPS) is 14.4. The number of morpholine rings is 1. The van der Waals surface area contributed by atoms with Crippen LogP contribution in [0.2, 0.25) is 5.02 Å². The van der Waals surface area contributed by atoms with E-state index < -0.39 is 15.9 Å². The third-order valence-electron chi connectivity index (χ3n) is 4.99. The number of carbonyl (C=O) groups is 1. The maximum atomic E-state index is 12.7. The lowest BCUT2D eigenvalue weighted by Gasteiger charge is -2.26. The summed E-state index contributed by atoms with van der Waals surface area (Å²) in [6, 6.07) is 20.5. The van der Waals surface area contributed by atoms with Gasteiger partial charge in [-0.1, -0.05) is 29.8 Å². The summed E-state index contributed by atoms with van der Waals surface area (Å²) in [5, 5.41) is 2.83. The Morgan fingerprint density at radius 3 is 2.32 bits per heavy atom. The first-order valence-electron chi connectivity index (χ1n) is 10.5. The van der Waals surface area contributed by atoms with E-state index in [0.717, 1.165) is 0 Å². The summed E-state index contributed by atoms with van der Waals surface area (Å²) < 4.78 is 43.3. The molecule has 1 aliphatic heterocycles. The molecule has 0 radical (unpaired) electrons. The topological polar surface area (TPSA) is 94.2 Å². The van der Waals surface area contributed by atoms with Crippen molar-refractivity contribution in [2.45, 2.75) is 4.90 Å². The zero-order chi connectivity index (χ0) is 24.0. The van der Waals surface area contributed by atoms with Gasteiger partial charge >= 0.3 is 0 Å². The Bertz CT molecular complexity index is 1230. The Labute approximate surface area is 203 Å². The van der Waals surface area contributed by atoms with Gasteiger partial charge < -0.3 is 19.5 Å². The molecule has 0 saturated carbocycles. The second-order valence-electron chi connectivity index (χ2n) is 7.39. The fourth-order valence-electron chi connectivity index (χ4n) is 3.27. The van der Waals surface area contributed by atoms with Crippen LogP contribution in [-0.4, -0.2) is 51.5 Å². The van der Waals surface area contributed by atoms with Crippen LogP contribution in [-0.2, 0) is 19.6 Å². The molecule has 1 amide bonds. The second-order valence-corrected chi connectivity index (χ2v) is 9.73. The van der Waals surface area contributed by atoms with E-state index in [2.05, 4.69) is 5.32 Å². The molecule has 1 saturated heterocycles. The number of hydrogen-bond acceptors (Lipinski definition) is 6. The summed E-state index contributed by atoms with van der Waals surface area (Å²) >= 11 is 6.22. The lowest BCUT2D eigenvalue weighted by Crippen LogP contribution is -2.40. The Morgan fingerprint density at radius 2 is 1.65 bits per heavy atom. The third kappa shape index (κ3) is 6.06. The monoisotopic (exact) mass is 502 g/mol. The minimum atomic E-state index is -3.67. The Hall–Kier alpha value is -3.11. The molecule has 0 spiro atoms. The Balaban J connectivity index is 1.31. The van der Waals surface area contributed by atoms with E-state index in [-0.39, 0.29) is 35.4 Å². The van der Waals surface area contributed by atoms with Crippen LogP contribution < -0.4 is 14.8 Å². The van der Waals surface area contributed by atoms with E-state index in [1.807, 2.05) is 30.3 Å². The molecule has 10 heteroatoms. The predicted octanol–water partition coefficient (Wildman–Crippen LogP) is 4.17. The van der Waals surface area contributed by atoms with Crippen molar-refractivity contribution in [2.75, 3.05) is 38.2 Å². The first-order valence-corrected chi connectivity index (χ1v) is 12.4. The van der Waals surface area contributed by atoms with Crippen molar-refractivity contribution in [1.29, 1.82) is 0 Å². The SMILES string of the molecule is O=C(COc1ccc(S(=O)(=O)N2CCOCC2)cc1Cl)Nc1ccc(Oc2ccccc2)cc1. The summed E-state index contributed by atoms with van der Waals surface area (Å²) in [6.07, 6.45) is 0. The summed E-state index contributed by atoms with van der Waals surface area (Å²) in [6.45, 7) is 0.991. The summed E-state index contributed by atoms with van der Waals surface area (Å²) in [7, 11) is -3.67. The molecule has 3 aromatic carbocycles. The molecule has 8 nitrogen and oxygen atoms in total. The number of benzene rings is 3. The number of ether oxygens (including phenoxy) is 3. The predicted molar refractivity (Wildman–Crippen MR) is 128 cm³/mol. The molecule has 1 N–H and O–H groups in total. The molecule has 4 rings (SSSR count). The van der Waals surface area contributed by atoms with Crippen molar-refractivity contribution < 1.29 is 27.4 Å². The van der Waals surface area contributed by atoms with Crippen molar-refractivity contribution in [3.05, 3.63) is 77.8 Å². The van der Waals surface area contributed by atoms with E-state index in [1.165, 1.54) is 22.5 Å². The molecule has 1 heterocycles. The number of hydrogen-bond donors (Lipinski definition) is 1. The summed E-state index contributed by atoms with van der Waals surface area (Å²) in [5.41, 5.74) is 0.576. The molecule has 0 aliphatic carbocycles. The fourth-order valence-corrected chi connectivity index (χ4v) is 5.00. The molecule has 34 heavy (non-hydrogen) atoms. The number of nitrogens with one attached hydrogen (secondary N) is 1. The van der Waals surface area contributed by atoms with Gasteiger partial charge in [0.1, 0.15) is 17.2 Å². The summed E-state index contributed by atoms with van der Waals surface area (Å²) in [4.78, 5) is 12.3. The lowest BCUT2D eigenvalue weighted by atomic mass is 10.3. The Kier molecular flexibility index (Phi) is 7.69. The number of rotatable bonds is 8. The number of amides is 1. The van der Waals surface area contributed by atoms with Gasteiger partial charge in [0.15, 0.2) is 6.61 Å². The maximum absolute atomic E-state index is 12.7. The first-order chi connectivity index (χ1) is 16.4. The van der Waals surface area contributed by atoms with Crippen LogP contribution in [0.4, 0.5) is 5.69 Å². The molecular weight excluding hydrogens is 480 g/mol. The highest BCUT2D eigenvalue weighted by Gasteiger charge is 2.27. The average molecular weight is 503 g/mol. The van der Waals surface area contributed by atoms with Gasteiger partial charge in [0, 0.05) is 18.8 Å². The van der Waals surface area contributed by atoms with Crippen molar-refractivity contribution in [2.24, 2.45) is 0 Å². The standard InChI is InChI=1S/C24H23ClN2O6S/c25-22-16-21(34(29,30)27-12-14-31-15-13-27)10-11-23(22)32-17-24(28)26-18-6-8-20(9-7-18)33-19-4-2-1-3-5-19/h1-11,16H,12-15,17H2,(H,26,28). The van der Waals surface area contributed by atoms with Crippen LogP contribution in [0.25, 0.3) is 0 Å². The van der Waals surface area contributed by atoms with Crippen LogP contribution >= 0.6 is 11.6 Å². The highest BCUT2D eigenvalue weighted by atomic mass is 35.5. The van der Waals surface area contributed by atoms with Crippen LogP contribution in [0.1, 0.15) is 0 Å². The number of sulfonamides is 1. The van der Waals surface area contributed by atoms with Crippen molar-refractivity contribution >= 4 is 33.2 Å². The zero-order valence-corrected chi connectivity index (χ0v) is 19.7. The van der Waals surface area contributed by atoms with Gasteiger partial charge in [-0.3, -0.25) is 4.79 Å². The van der Waals surface area contributed by atoms with Gasteiger partial charge in [-0.05, 0) is 54.6 Å². The Morgan fingerprint density at radius 1 is 0.971 bits per heavy atom. The van der Waals surface area contributed by atoms with Crippen molar-refractivity contribution in [3.8, 4) is 17.2 Å². The third-order valence-corrected chi connectivity index (χ3v) is 7.18.